The van der Waals surface area contributed by atoms with Gasteiger partial charge in [-0.3, -0.25) is 0 Å². The van der Waals surface area contributed by atoms with E-state index in [-0.39, 0.29) is 12.6 Å². The summed E-state index contributed by atoms with van der Waals surface area (Å²) in [6.45, 7) is 3.69. The van der Waals surface area contributed by atoms with Crippen molar-refractivity contribution in [2.45, 2.75) is 0 Å². The maximum Gasteiger partial charge on any atom is 0.341 e. The zero-order valence-corrected chi connectivity index (χ0v) is 13.8. The number of likely N-dealkylation sites (N-methyl/N-ethyl adjacent to an activating group) is 1. The molecule has 2 heterocycles. The van der Waals surface area contributed by atoms with Gasteiger partial charge in [-0.2, -0.15) is 0 Å². The van der Waals surface area contributed by atoms with Crippen LogP contribution >= 0.6 is 0 Å². The highest BCUT2D eigenvalue weighted by molar-refractivity contribution is 5.96. The van der Waals surface area contributed by atoms with Gasteiger partial charge in [-0.1, -0.05) is 5.92 Å². The maximum atomic E-state index is 12.5. The van der Waals surface area contributed by atoms with Crippen LogP contribution in [0.1, 0.15) is 10.4 Å². The Morgan fingerprint density at radius 2 is 1.92 bits per heavy atom. The first kappa shape index (κ1) is 16.2. The molecule has 0 unspecified atom stereocenters. The number of ether oxygens (including phenoxy) is 1. The van der Waals surface area contributed by atoms with E-state index in [1.807, 2.05) is 47.3 Å². The first-order valence-electron chi connectivity index (χ1n) is 8.00. The minimum Gasteiger partial charge on any atom is -0.449 e. The molecule has 3 rings (SSSR count). The summed E-state index contributed by atoms with van der Waals surface area (Å²) in [5.41, 5.74) is 2.38. The highest BCUT2D eigenvalue weighted by atomic mass is 16.5. The minimum absolute atomic E-state index is 0.0191. The van der Waals surface area contributed by atoms with E-state index in [9.17, 15) is 4.79 Å². The molecule has 2 aromatic rings. The number of esters is 1. The molecule has 0 amide bonds. The fraction of sp³-hybridized carbons (Fsp3) is 0.316. The van der Waals surface area contributed by atoms with Gasteiger partial charge in [-0.05, 0) is 37.4 Å². The number of piperazine rings is 1. The van der Waals surface area contributed by atoms with Crippen molar-refractivity contribution in [1.82, 2.24) is 9.47 Å². The average Bonchev–Trinajstić information content (AvgIpc) is 3.14. The summed E-state index contributed by atoms with van der Waals surface area (Å²) >= 11 is 0. The van der Waals surface area contributed by atoms with Gasteiger partial charge < -0.3 is 19.1 Å². The Labute approximate surface area is 142 Å². The van der Waals surface area contributed by atoms with Crippen LogP contribution in [0.25, 0.3) is 5.69 Å². The van der Waals surface area contributed by atoms with E-state index in [0.717, 1.165) is 37.6 Å². The van der Waals surface area contributed by atoms with Crippen LogP contribution in [-0.4, -0.2) is 55.3 Å². The third-order valence-corrected chi connectivity index (χ3v) is 4.23. The van der Waals surface area contributed by atoms with Crippen LogP contribution in [0.2, 0.25) is 0 Å². The smallest absolute Gasteiger partial charge is 0.341 e. The Hall–Kier alpha value is -2.71. The first-order valence-corrected chi connectivity index (χ1v) is 8.00. The number of hydrogen-bond acceptors (Lipinski definition) is 4. The van der Waals surface area contributed by atoms with Gasteiger partial charge in [0.1, 0.15) is 0 Å². The zero-order chi connectivity index (χ0) is 16.9. The van der Waals surface area contributed by atoms with Crippen LogP contribution in [0.3, 0.4) is 0 Å². The van der Waals surface area contributed by atoms with Gasteiger partial charge in [0.2, 0.25) is 0 Å². The third-order valence-electron chi connectivity index (χ3n) is 4.23. The van der Waals surface area contributed by atoms with E-state index >= 15 is 0 Å². The number of terminal acetylenes is 1. The fourth-order valence-electron chi connectivity index (χ4n) is 2.86. The summed E-state index contributed by atoms with van der Waals surface area (Å²) in [4.78, 5) is 17.0. The van der Waals surface area contributed by atoms with Crippen molar-refractivity contribution in [2.24, 2.45) is 0 Å². The molecule has 0 spiro atoms. The number of aromatic nitrogens is 1. The summed E-state index contributed by atoms with van der Waals surface area (Å²) in [7, 11) is 2.11. The number of carbonyl (C=O) groups is 1. The number of benzene rings is 1. The lowest BCUT2D eigenvalue weighted by Crippen LogP contribution is -2.45. The quantitative estimate of drug-likeness (QED) is 0.637. The van der Waals surface area contributed by atoms with Crippen LogP contribution in [0.4, 0.5) is 5.69 Å². The van der Waals surface area contributed by atoms with Crippen LogP contribution < -0.4 is 4.90 Å². The number of anilines is 1. The molecule has 0 radical (unpaired) electrons. The molecule has 1 aliphatic heterocycles. The lowest BCUT2D eigenvalue weighted by molar-refractivity contribution is 0.0557. The van der Waals surface area contributed by atoms with Crippen molar-refractivity contribution in [3.05, 3.63) is 48.3 Å². The van der Waals surface area contributed by atoms with Gasteiger partial charge in [0.25, 0.3) is 0 Å². The van der Waals surface area contributed by atoms with E-state index < -0.39 is 0 Å². The molecule has 124 valence electrons. The van der Waals surface area contributed by atoms with E-state index in [0.29, 0.717) is 5.56 Å². The molecule has 1 fully saturated rings. The summed E-state index contributed by atoms with van der Waals surface area (Å²) in [5, 5.41) is 0. The second-order valence-electron chi connectivity index (χ2n) is 5.86. The van der Waals surface area contributed by atoms with E-state index in [1.54, 1.807) is 0 Å². The third kappa shape index (κ3) is 3.44. The predicted octanol–water partition coefficient (Wildman–Crippen LogP) is 2.02. The molecule has 0 saturated carbocycles. The standard InChI is InChI=1S/C19H21N3O2/c1-3-14-24-19(23)17-15-16(21-8-4-5-9-21)6-7-18(17)22-12-10-20(2)11-13-22/h1,4-9,15H,10-14H2,2H3. The second-order valence-corrected chi connectivity index (χ2v) is 5.86. The monoisotopic (exact) mass is 323 g/mol. The topological polar surface area (TPSA) is 37.7 Å². The molecule has 0 aliphatic carbocycles. The Balaban J connectivity index is 1.94. The van der Waals surface area contributed by atoms with Crippen molar-refractivity contribution in [2.75, 3.05) is 44.7 Å². The van der Waals surface area contributed by atoms with Gasteiger partial charge in [0, 0.05) is 44.3 Å². The fourth-order valence-corrected chi connectivity index (χ4v) is 2.86. The summed E-state index contributed by atoms with van der Waals surface area (Å²) in [6, 6.07) is 9.78. The summed E-state index contributed by atoms with van der Waals surface area (Å²) in [5.74, 6) is 1.97. The molecule has 0 bridgehead atoms. The van der Waals surface area contributed by atoms with Gasteiger partial charge in [-0.25, -0.2) is 4.79 Å². The number of carbonyl (C=O) groups excluding carboxylic acids is 1. The van der Waals surface area contributed by atoms with Crippen LogP contribution in [0, 0.1) is 12.3 Å². The predicted molar refractivity (Wildman–Crippen MR) is 94.6 cm³/mol. The highest BCUT2D eigenvalue weighted by Gasteiger charge is 2.21. The largest absolute Gasteiger partial charge is 0.449 e. The molecule has 1 aromatic carbocycles. The SMILES string of the molecule is C#CCOC(=O)c1cc(-n2cccc2)ccc1N1CCN(C)CC1. The number of nitrogens with zero attached hydrogens (tertiary/aromatic N) is 3. The molecular formula is C19H21N3O2. The molecule has 0 N–H and O–H groups in total. The molecule has 1 aliphatic rings. The van der Waals surface area contributed by atoms with Gasteiger partial charge in [-0.15, -0.1) is 6.42 Å². The normalized spacial score (nSPS) is 15.1. The first-order chi connectivity index (χ1) is 11.7. The van der Waals surface area contributed by atoms with Gasteiger partial charge in [0.15, 0.2) is 6.61 Å². The van der Waals surface area contributed by atoms with Gasteiger partial charge >= 0.3 is 5.97 Å². The van der Waals surface area contributed by atoms with Crippen molar-refractivity contribution < 1.29 is 9.53 Å². The van der Waals surface area contributed by atoms with Crippen molar-refractivity contribution >= 4 is 11.7 Å². The molecule has 5 nitrogen and oxygen atoms in total. The Morgan fingerprint density at radius 3 is 2.58 bits per heavy atom. The molecule has 1 aromatic heterocycles. The Kier molecular flexibility index (Phi) is 4.88. The van der Waals surface area contributed by atoms with Crippen LogP contribution in [0.5, 0.6) is 0 Å². The Bertz CT molecular complexity index is 738. The molecular weight excluding hydrogens is 302 g/mol. The van der Waals surface area contributed by atoms with Crippen molar-refractivity contribution in [3.63, 3.8) is 0 Å². The lowest BCUT2D eigenvalue weighted by Gasteiger charge is -2.35. The minimum atomic E-state index is -0.379. The van der Waals surface area contributed by atoms with Crippen molar-refractivity contribution in [1.29, 1.82) is 0 Å². The zero-order valence-electron chi connectivity index (χ0n) is 13.8. The van der Waals surface area contributed by atoms with Crippen molar-refractivity contribution in [3.8, 4) is 18.0 Å². The van der Waals surface area contributed by atoms with E-state index in [4.69, 9.17) is 11.2 Å². The second kappa shape index (κ2) is 7.24. The molecule has 5 heteroatoms. The molecule has 1 saturated heterocycles. The Morgan fingerprint density at radius 1 is 1.21 bits per heavy atom. The number of rotatable bonds is 4. The van der Waals surface area contributed by atoms with Crippen LogP contribution in [0.15, 0.2) is 42.7 Å². The number of hydrogen-bond donors (Lipinski definition) is 0. The average molecular weight is 323 g/mol. The van der Waals surface area contributed by atoms with Gasteiger partial charge in [0.05, 0.1) is 11.3 Å². The van der Waals surface area contributed by atoms with Crippen LogP contribution in [-0.2, 0) is 4.74 Å². The summed E-state index contributed by atoms with van der Waals surface area (Å²) in [6.07, 6.45) is 9.10. The summed E-state index contributed by atoms with van der Waals surface area (Å²) < 4.78 is 7.14. The highest BCUT2D eigenvalue weighted by Crippen LogP contribution is 2.26. The molecule has 0 atom stereocenters. The lowest BCUT2D eigenvalue weighted by atomic mass is 10.1. The molecule has 24 heavy (non-hydrogen) atoms. The van der Waals surface area contributed by atoms with E-state index in [2.05, 4.69) is 22.8 Å². The van der Waals surface area contributed by atoms with E-state index in [1.165, 1.54) is 0 Å². The maximum absolute atomic E-state index is 12.5.